The van der Waals surface area contributed by atoms with Gasteiger partial charge in [0.25, 0.3) is 0 Å². The number of thiophene rings is 1. The summed E-state index contributed by atoms with van der Waals surface area (Å²) >= 11 is 1.64. The van der Waals surface area contributed by atoms with Gasteiger partial charge in [0.15, 0.2) is 0 Å². The third-order valence-corrected chi connectivity index (χ3v) is 1.96. The van der Waals surface area contributed by atoms with Gasteiger partial charge in [-0.05, 0) is 0 Å². The van der Waals surface area contributed by atoms with Crippen molar-refractivity contribution in [2.75, 3.05) is 0 Å². The summed E-state index contributed by atoms with van der Waals surface area (Å²) in [6.45, 7) is 6.63. The molecule has 0 unspecified atom stereocenters. The molecule has 0 radical (unpaired) electrons. The van der Waals surface area contributed by atoms with Crippen molar-refractivity contribution in [3.63, 3.8) is 0 Å². The van der Waals surface area contributed by atoms with Crippen LogP contribution in [0.25, 0.3) is 0 Å². The van der Waals surface area contributed by atoms with E-state index in [1.54, 1.807) is 11.3 Å². The van der Waals surface area contributed by atoms with Gasteiger partial charge in [-0.1, -0.05) is 26.2 Å². The molecule has 0 nitrogen and oxygen atoms in total. The van der Waals surface area contributed by atoms with E-state index in [2.05, 4.69) is 37.6 Å². The molecule has 0 saturated heterocycles. The van der Waals surface area contributed by atoms with E-state index >= 15 is 0 Å². The summed E-state index contributed by atoms with van der Waals surface area (Å²) in [5.74, 6) is 0. The van der Waals surface area contributed by atoms with Gasteiger partial charge < -0.3 is 11.3 Å². The van der Waals surface area contributed by atoms with Crippen LogP contribution in [-0.4, -0.2) is 0 Å². The summed E-state index contributed by atoms with van der Waals surface area (Å²) in [6.07, 6.45) is 0. The molecule has 1 heterocycles. The normalized spacial score (nSPS) is 10.7. The number of hydrogen-bond acceptors (Lipinski definition) is 1. The zero-order valence-corrected chi connectivity index (χ0v) is 7.88. The maximum absolute atomic E-state index is 3.08. The van der Waals surface area contributed by atoms with Crippen molar-refractivity contribution < 1.29 is 18.9 Å². The van der Waals surface area contributed by atoms with E-state index in [1.165, 1.54) is 5.56 Å². The second-order valence-electron chi connectivity index (χ2n) is 3.20. The Morgan fingerprint density at radius 3 is 2.20 bits per heavy atom. The number of hydrogen-bond donors (Lipinski definition) is 0. The fourth-order valence-electron chi connectivity index (χ4n) is 0.622. The van der Waals surface area contributed by atoms with Crippen LogP contribution in [0, 0.1) is 5.38 Å². The molecule has 0 saturated carbocycles. The van der Waals surface area contributed by atoms with Crippen LogP contribution < -0.4 is 18.9 Å². The minimum absolute atomic E-state index is 0. The fraction of sp³-hybridized carbons (Fsp3) is 0.500. The van der Waals surface area contributed by atoms with E-state index in [0.717, 1.165) is 0 Å². The molecular weight excluding hydrogens is 135 g/mol. The minimum atomic E-state index is 0. The van der Waals surface area contributed by atoms with Crippen molar-refractivity contribution in [1.82, 2.24) is 0 Å². The molecule has 0 aliphatic heterocycles. The Morgan fingerprint density at radius 2 is 2.00 bits per heavy atom. The molecule has 2 heteroatoms. The van der Waals surface area contributed by atoms with Crippen LogP contribution in [0.2, 0.25) is 0 Å². The van der Waals surface area contributed by atoms with E-state index in [4.69, 9.17) is 0 Å². The van der Waals surface area contributed by atoms with Gasteiger partial charge in [0, 0.05) is 0 Å². The van der Waals surface area contributed by atoms with Crippen LogP contribution in [0.4, 0.5) is 0 Å². The van der Waals surface area contributed by atoms with Gasteiger partial charge in [0.05, 0.1) is 0 Å². The summed E-state index contributed by atoms with van der Waals surface area (Å²) in [6, 6.07) is 2.06. The molecule has 10 heavy (non-hydrogen) atoms. The van der Waals surface area contributed by atoms with Crippen molar-refractivity contribution in [1.29, 1.82) is 0 Å². The molecule has 0 amide bonds. The van der Waals surface area contributed by atoms with Gasteiger partial charge in [-0.2, -0.15) is 17.0 Å². The van der Waals surface area contributed by atoms with E-state index in [0.29, 0.717) is 5.41 Å². The first-order valence-electron chi connectivity index (χ1n) is 3.06. The van der Waals surface area contributed by atoms with Crippen LogP contribution >= 0.6 is 11.3 Å². The summed E-state index contributed by atoms with van der Waals surface area (Å²) in [4.78, 5) is 0. The molecule has 0 atom stereocenters. The van der Waals surface area contributed by atoms with Gasteiger partial charge in [0.2, 0.25) is 0 Å². The van der Waals surface area contributed by atoms with Gasteiger partial charge in [-0.25, -0.2) is 0 Å². The first kappa shape index (κ1) is 10.3. The van der Waals surface area contributed by atoms with Gasteiger partial charge in [0.1, 0.15) is 0 Å². The fourth-order valence-corrected chi connectivity index (χ4v) is 1.43. The Labute approximate surface area is 78.8 Å². The average Bonchev–Trinajstić information content (AvgIpc) is 2.08. The monoisotopic (exact) mass is 146 g/mol. The maximum atomic E-state index is 3.08. The quantitative estimate of drug-likeness (QED) is 0.353. The van der Waals surface area contributed by atoms with Crippen molar-refractivity contribution in [2.24, 2.45) is 0 Å². The van der Waals surface area contributed by atoms with Crippen molar-refractivity contribution in [3.05, 3.63) is 22.4 Å². The zero-order valence-electron chi connectivity index (χ0n) is 7.06. The molecule has 0 bridgehead atoms. The smallest absolute Gasteiger partial charge is 0.304 e. The van der Waals surface area contributed by atoms with Gasteiger partial charge in [-0.15, -0.1) is 5.38 Å². The SMILES string of the molecule is CC(C)(C)c1c[c-]sc1.[Li+]. The first-order valence-corrected chi connectivity index (χ1v) is 3.94. The molecule has 0 fully saturated rings. The molecule has 0 aliphatic carbocycles. The summed E-state index contributed by atoms with van der Waals surface area (Å²) < 4.78 is 0. The third-order valence-electron chi connectivity index (χ3n) is 1.33. The van der Waals surface area contributed by atoms with Crippen molar-refractivity contribution >= 4 is 11.3 Å². The summed E-state index contributed by atoms with van der Waals surface area (Å²) in [7, 11) is 0. The first-order chi connectivity index (χ1) is 4.11. The van der Waals surface area contributed by atoms with Crippen LogP contribution in [-0.2, 0) is 5.41 Å². The Bertz CT molecular complexity index is 172. The van der Waals surface area contributed by atoms with E-state index in [-0.39, 0.29) is 18.9 Å². The Hall–Kier alpha value is 0.297. The number of rotatable bonds is 0. The molecular formula is C8H11LiS. The standard InChI is InChI=1S/C8H11S.Li/c1-8(2,3)7-4-5-9-6-7;/h4,6H,1-3H3;/q-1;+1. The van der Waals surface area contributed by atoms with Crippen molar-refractivity contribution in [2.45, 2.75) is 26.2 Å². The van der Waals surface area contributed by atoms with E-state index in [1.807, 2.05) is 0 Å². The molecule has 1 aromatic rings. The van der Waals surface area contributed by atoms with E-state index < -0.39 is 0 Å². The Kier molecular flexibility index (Phi) is 3.73. The topological polar surface area (TPSA) is 0 Å². The molecule has 1 rings (SSSR count). The molecule has 0 aromatic carbocycles. The Morgan fingerprint density at radius 1 is 1.40 bits per heavy atom. The Balaban J connectivity index is 0.000000810. The second-order valence-corrected chi connectivity index (χ2v) is 3.91. The minimum Gasteiger partial charge on any atom is -0.304 e. The van der Waals surface area contributed by atoms with Crippen LogP contribution in [0.1, 0.15) is 26.3 Å². The van der Waals surface area contributed by atoms with Gasteiger partial charge >= 0.3 is 18.9 Å². The van der Waals surface area contributed by atoms with Crippen LogP contribution in [0.5, 0.6) is 0 Å². The molecule has 0 aliphatic rings. The summed E-state index contributed by atoms with van der Waals surface area (Å²) in [5, 5.41) is 5.23. The summed E-state index contributed by atoms with van der Waals surface area (Å²) in [5.41, 5.74) is 1.68. The van der Waals surface area contributed by atoms with Gasteiger partial charge in [-0.3, -0.25) is 0 Å². The largest absolute Gasteiger partial charge is 1.00 e. The van der Waals surface area contributed by atoms with Crippen LogP contribution in [0.15, 0.2) is 11.4 Å². The molecule has 1 aromatic heterocycles. The van der Waals surface area contributed by atoms with Crippen molar-refractivity contribution in [3.8, 4) is 0 Å². The predicted octanol–water partition coefficient (Wildman–Crippen LogP) is -0.150. The molecule has 50 valence electrons. The van der Waals surface area contributed by atoms with E-state index in [9.17, 15) is 0 Å². The third kappa shape index (κ3) is 2.50. The maximum Gasteiger partial charge on any atom is 1.00 e. The zero-order chi connectivity index (χ0) is 6.91. The predicted molar refractivity (Wildman–Crippen MR) is 41.9 cm³/mol. The molecule has 0 spiro atoms. The average molecular weight is 146 g/mol. The van der Waals surface area contributed by atoms with Crippen LogP contribution in [0.3, 0.4) is 0 Å². The molecule has 0 N–H and O–H groups in total. The second kappa shape index (κ2) is 3.62.